The fraction of sp³-hybridized carbons (Fsp3) is 0.480. The quantitative estimate of drug-likeness (QED) is 0.329. The molecule has 0 aromatic heterocycles. The summed E-state index contributed by atoms with van der Waals surface area (Å²) in [4.78, 5) is 12.0. The number of unbranched alkanes of at least 4 members (excludes halogenated alkanes) is 2. The number of nitrogens with two attached hydrogens (primary N) is 1. The number of β-amino-alcohol motifs (C(OH)–C–C–N with tert-alkyl or cyclic N) is 1. The molecular formula is C25H36N2O4. The number of nitrogens with one attached hydrogen (secondary N) is 1. The molecule has 0 aliphatic heterocycles. The number of benzene rings is 2. The Morgan fingerprint density at radius 2 is 1.74 bits per heavy atom. The lowest BCUT2D eigenvalue weighted by molar-refractivity contribution is -0.119. The fourth-order valence-electron chi connectivity index (χ4n) is 3.87. The SMILES string of the molecule is CCCCCC(C(N)=O)c1cccc(CC(C)(C)NCC(O)c2cc(O)cc(O)c2)c1. The van der Waals surface area contributed by atoms with E-state index in [0.717, 1.165) is 36.8 Å². The number of aliphatic hydroxyl groups excluding tert-OH is 1. The van der Waals surface area contributed by atoms with Gasteiger partial charge >= 0.3 is 0 Å². The summed E-state index contributed by atoms with van der Waals surface area (Å²) < 4.78 is 0. The van der Waals surface area contributed by atoms with E-state index in [-0.39, 0.29) is 35.4 Å². The van der Waals surface area contributed by atoms with Crippen molar-refractivity contribution in [3.05, 3.63) is 59.2 Å². The van der Waals surface area contributed by atoms with Crippen molar-refractivity contribution in [1.82, 2.24) is 5.32 Å². The Kier molecular flexibility index (Phi) is 8.89. The Hall–Kier alpha value is -2.57. The highest BCUT2D eigenvalue weighted by atomic mass is 16.3. The van der Waals surface area contributed by atoms with E-state index in [1.807, 2.05) is 32.0 Å². The van der Waals surface area contributed by atoms with Crippen molar-refractivity contribution >= 4 is 5.91 Å². The summed E-state index contributed by atoms with van der Waals surface area (Å²) in [5, 5.41) is 33.0. The average molecular weight is 429 g/mol. The summed E-state index contributed by atoms with van der Waals surface area (Å²) in [6, 6.07) is 12.1. The monoisotopic (exact) mass is 428 g/mol. The third kappa shape index (κ3) is 7.89. The van der Waals surface area contributed by atoms with Gasteiger partial charge in [0.25, 0.3) is 0 Å². The first kappa shape index (κ1) is 24.7. The summed E-state index contributed by atoms with van der Waals surface area (Å²) >= 11 is 0. The van der Waals surface area contributed by atoms with Gasteiger partial charge in [0, 0.05) is 18.2 Å². The van der Waals surface area contributed by atoms with Gasteiger partial charge in [0.1, 0.15) is 11.5 Å². The fourth-order valence-corrected chi connectivity index (χ4v) is 3.87. The topological polar surface area (TPSA) is 116 Å². The smallest absolute Gasteiger partial charge is 0.224 e. The molecule has 2 aromatic rings. The van der Waals surface area contributed by atoms with E-state index >= 15 is 0 Å². The summed E-state index contributed by atoms with van der Waals surface area (Å²) in [5.74, 6) is -0.743. The number of hydrogen-bond acceptors (Lipinski definition) is 5. The molecular weight excluding hydrogens is 392 g/mol. The second-order valence-corrected chi connectivity index (χ2v) is 8.94. The van der Waals surface area contributed by atoms with Gasteiger partial charge in [0.05, 0.1) is 12.0 Å². The van der Waals surface area contributed by atoms with Crippen LogP contribution in [0.25, 0.3) is 0 Å². The number of aromatic hydroxyl groups is 2. The second-order valence-electron chi connectivity index (χ2n) is 8.94. The first-order valence-corrected chi connectivity index (χ1v) is 11.0. The van der Waals surface area contributed by atoms with E-state index in [4.69, 9.17) is 5.73 Å². The number of phenols is 2. The number of aliphatic hydroxyl groups is 1. The van der Waals surface area contributed by atoms with Gasteiger partial charge in [-0.2, -0.15) is 0 Å². The van der Waals surface area contributed by atoms with Gasteiger partial charge in [-0.05, 0) is 55.5 Å². The lowest BCUT2D eigenvalue weighted by atomic mass is 9.88. The third-order valence-corrected chi connectivity index (χ3v) is 5.52. The Labute approximate surface area is 185 Å². The highest BCUT2D eigenvalue weighted by Gasteiger charge is 2.22. The highest BCUT2D eigenvalue weighted by molar-refractivity contribution is 5.81. The molecule has 0 aliphatic rings. The number of rotatable bonds is 12. The molecule has 2 unspecified atom stereocenters. The summed E-state index contributed by atoms with van der Waals surface area (Å²) in [6.45, 7) is 6.48. The van der Waals surface area contributed by atoms with Crippen LogP contribution in [0.4, 0.5) is 0 Å². The van der Waals surface area contributed by atoms with Crippen LogP contribution in [0.2, 0.25) is 0 Å². The van der Waals surface area contributed by atoms with Crippen LogP contribution in [0.5, 0.6) is 11.5 Å². The Bertz CT molecular complexity index is 846. The largest absolute Gasteiger partial charge is 0.508 e. The molecule has 0 radical (unpaired) electrons. The van der Waals surface area contributed by atoms with Crippen molar-refractivity contribution in [2.24, 2.45) is 5.73 Å². The summed E-state index contributed by atoms with van der Waals surface area (Å²) in [6.07, 6.45) is 3.74. The number of carbonyl (C=O) groups is 1. The molecule has 0 fully saturated rings. The zero-order valence-corrected chi connectivity index (χ0v) is 18.8. The maximum absolute atomic E-state index is 12.0. The third-order valence-electron chi connectivity index (χ3n) is 5.52. The molecule has 6 nitrogen and oxygen atoms in total. The minimum Gasteiger partial charge on any atom is -0.508 e. The lowest BCUT2D eigenvalue weighted by Crippen LogP contribution is -2.43. The molecule has 6 heteroatoms. The van der Waals surface area contributed by atoms with Gasteiger partial charge in [0.2, 0.25) is 5.91 Å². The maximum Gasteiger partial charge on any atom is 0.224 e. The van der Waals surface area contributed by atoms with Crippen molar-refractivity contribution in [3.8, 4) is 11.5 Å². The molecule has 0 saturated heterocycles. The molecule has 0 spiro atoms. The van der Waals surface area contributed by atoms with Gasteiger partial charge < -0.3 is 26.4 Å². The first-order chi connectivity index (χ1) is 14.6. The van der Waals surface area contributed by atoms with Gasteiger partial charge in [-0.3, -0.25) is 4.79 Å². The standard InChI is InChI=1S/C25H36N2O4/c1-4-5-6-10-22(24(26)31)18-9-7-8-17(11-18)15-25(2,3)27-16-23(30)19-12-20(28)14-21(29)13-19/h7-9,11-14,22-23,27-30H,4-6,10,15-16H2,1-3H3,(H2,26,31). The predicted octanol–water partition coefficient (Wildman–Crippen LogP) is 3.89. The predicted molar refractivity (Wildman–Crippen MR) is 123 cm³/mol. The van der Waals surface area contributed by atoms with Crippen LogP contribution in [0.3, 0.4) is 0 Å². The molecule has 0 heterocycles. The van der Waals surface area contributed by atoms with E-state index in [1.54, 1.807) is 0 Å². The lowest BCUT2D eigenvalue weighted by Gasteiger charge is -2.28. The van der Waals surface area contributed by atoms with E-state index in [0.29, 0.717) is 12.0 Å². The van der Waals surface area contributed by atoms with E-state index < -0.39 is 6.10 Å². The van der Waals surface area contributed by atoms with Crippen LogP contribution < -0.4 is 11.1 Å². The highest BCUT2D eigenvalue weighted by Crippen LogP contribution is 2.26. The van der Waals surface area contributed by atoms with Crippen LogP contribution in [0, 0.1) is 0 Å². The number of phenolic OH excluding ortho intramolecular Hbond substituents is 2. The second kappa shape index (κ2) is 11.2. The minimum absolute atomic E-state index is 0.0898. The van der Waals surface area contributed by atoms with Crippen molar-refractivity contribution in [3.63, 3.8) is 0 Å². The average Bonchev–Trinajstić information content (AvgIpc) is 2.68. The molecule has 0 bridgehead atoms. The molecule has 6 N–H and O–H groups in total. The van der Waals surface area contributed by atoms with E-state index in [9.17, 15) is 20.1 Å². The Morgan fingerprint density at radius 3 is 2.35 bits per heavy atom. The molecule has 0 saturated carbocycles. The van der Waals surface area contributed by atoms with Crippen LogP contribution in [-0.2, 0) is 11.2 Å². The van der Waals surface area contributed by atoms with Crippen molar-refractivity contribution in [2.75, 3.05) is 6.54 Å². The van der Waals surface area contributed by atoms with Gasteiger partial charge in [-0.15, -0.1) is 0 Å². The minimum atomic E-state index is -0.874. The number of primary amides is 1. The molecule has 2 atom stereocenters. The van der Waals surface area contributed by atoms with Gasteiger partial charge in [-0.25, -0.2) is 0 Å². The zero-order valence-electron chi connectivity index (χ0n) is 18.8. The summed E-state index contributed by atoms with van der Waals surface area (Å²) in [7, 11) is 0. The van der Waals surface area contributed by atoms with E-state index in [2.05, 4.69) is 18.3 Å². The maximum atomic E-state index is 12.0. The van der Waals surface area contributed by atoms with Crippen LogP contribution in [0.15, 0.2) is 42.5 Å². The van der Waals surface area contributed by atoms with Crippen LogP contribution in [-0.4, -0.2) is 33.3 Å². The van der Waals surface area contributed by atoms with Gasteiger partial charge in [-0.1, -0.05) is 50.5 Å². The molecule has 170 valence electrons. The van der Waals surface area contributed by atoms with Crippen LogP contribution >= 0.6 is 0 Å². The summed E-state index contributed by atoms with van der Waals surface area (Å²) in [5.41, 5.74) is 7.82. The van der Waals surface area contributed by atoms with Crippen molar-refractivity contribution in [1.29, 1.82) is 0 Å². The first-order valence-electron chi connectivity index (χ1n) is 11.0. The van der Waals surface area contributed by atoms with Crippen molar-refractivity contribution < 1.29 is 20.1 Å². The Morgan fingerprint density at radius 1 is 1.06 bits per heavy atom. The number of amides is 1. The molecule has 0 aliphatic carbocycles. The van der Waals surface area contributed by atoms with Gasteiger partial charge in [0.15, 0.2) is 0 Å². The zero-order chi connectivity index (χ0) is 23.0. The molecule has 2 aromatic carbocycles. The van der Waals surface area contributed by atoms with Crippen LogP contribution in [0.1, 0.15) is 75.2 Å². The normalized spacial score (nSPS) is 13.7. The van der Waals surface area contributed by atoms with E-state index in [1.165, 1.54) is 18.2 Å². The number of hydrogen-bond donors (Lipinski definition) is 5. The Balaban J connectivity index is 2.03. The molecule has 1 amide bonds. The number of carbonyl (C=O) groups excluding carboxylic acids is 1. The van der Waals surface area contributed by atoms with Crippen molar-refractivity contribution in [2.45, 2.75) is 70.4 Å². The molecule has 31 heavy (non-hydrogen) atoms. The molecule has 2 rings (SSSR count).